The highest BCUT2D eigenvalue weighted by molar-refractivity contribution is 5.95. The third-order valence-corrected chi connectivity index (χ3v) is 6.26. The van der Waals surface area contributed by atoms with Gasteiger partial charge in [0.05, 0.1) is 24.9 Å². The van der Waals surface area contributed by atoms with Crippen molar-refractivity contribution in [2.24, 2.45) is 5.92 Å². The summed E-state index contributed by atoms with van der Waals surface area (Å²) in [5.41, 5.74) is 3.58. The molecule has 8 heteroatoms. The molecule has 3 aromatic rings. The number of likely N-dealkylation sites (tertiary alicyclic amines) is 1. The molecule has 0 unspecified atom stereocenters. The lowest BCUT2D eigenvalue weighted by Crippen LogP contribution is -2.33. The number of aromatic amines is 1. The third-order valence-electron chi connectivity index (χ3n) is 6.26. The number of amides is 1. The van der Waals surface area contributed by atoms with Crippen LogP contribution in [-0.4, -0.2) is 61.0 Å². The summed E-state index contributed by atoms with van der Waals surface area (Å²) in [6, 6.07) is 11.5. The molecule has 2 atom stereocenters. The van der Waals surface area contributed by atoms with E-state index in [-0.39, 0.29) is 17.9 Å². The average molecular weight is 449 g/mol. The number of rotatable bonds is 6. The normalized spacial score (nSPS) is 20.1. The molecule has 2 N–H and O–H groups in total. The van der Waals surface area contributed by atoms with Crippen LogP contribution in [0, 0.1) is 5.92 Å². The fraction of sp³-hybridized carbons (Fsp3) is 0.360. The van der Waals surface area contributed by atoms with Gasteiger partial charge in [0.25, 0.3) is 0 Å². The number of likely N-dealkylation sites (N-methyl/N-ethyl adjacent to an activating group) is 1. The van der Waals surface area contributed by atoms with Crippen molar-refractivity contribution in [3.05, 3.63) is 54.4 Å². The molecule has 0 spiro atoms. The van der Waals surface area contributed by atoms with E-state index in [1.54, 1.807) is 13.3 Å². The van der Waals surface area contributed by atoms with Gasteiger partial charge in [-0.2, -0.15) is 5.10 Å². The monoisotopic (exact) mass is 448 g/mol. The summed E-state index contributed by atoms with van der Waals surface area (Å²) in [5, 5.41) is 9.97. The minimum absolute atomic E-state index is 0.0857. The van der Waals surface area contributed by atoms with Gasteiger partial charge in [-0.05, 0) is 61.3 Å². The van der Waals surface area contributed by atoms with Gasteiger partial charge < -0.3 is 24.4 Å². The largest absolute Gasteiger partial charge is 0.497 e. The molecular weight excluding hydrogens is 420 g/mol. The van der Waals surface area contributed by atoms with Crippen molar-refractivity contribution in [2.75, 3.05) is 39.2 Å². The van der Waals surface area contributed by atoms with Crippen LogP contribution in [-0.2, 0) is 11.2 Å². The molecule has 0 aliphatic carbocycles. The number of methoxy groups -OCH3 is 1. The number of anilines is 1. The lowest BCUT2D eigenvalue weighted by molar-refractivity contribution is -0.121. The van der Waals surface area contributed by atoms with Gasteiger partial charge >= 0.3 is 0 Å². The summed E-state index contributed by atoms with van der Waals surface area (Å²) in [5.74, 6) is 1.84. The molecule has 8 nitrogen and oxygen atoms in total. The zero-order valence-electron chi connectivity index (χ0n) is 18.8. The number of benzene rings is 2. The highest BCUT2D eigenvalue weighted by Gasteiger charge is 2.28. The first-order valence-corrected chi connectivity index (χ1v) is 11.2. The van der Waals surface area contributed by atoms with E-state index in [0.717, 1.165) is 47.7 Å². The standard InChI is InChI=1S/C25H28N4O4/c1-29-8-7-21(14-29)33-24-11-16(19-12-26-27-13-19)3-5-22(24)28-25(30)18-9-17-10-20(31-2)4-6-23(17)32-15-18/h3-6,10-13,18,21H,7-9,14-15H2,1-2H3,(H,26,27)(H,28,30)/t18-,21-/m0/s1. The van der Waals surface area contributed by atoms with Crippen LogP contribution in [0.1, 0.15) is 12.0 Å². The van der Waals surface area contributed by atoms with Crippen LogP contribution >= 0.6 is 0 Å². The first kappa shape index (κ1) is 21.3. The Hall–Kier alpha value is -3.52. The van der Waals surface area contributed by atoms with Crippen LogP contribution in [0.4, 0.5) is 5.69 Å². The van der Waals surface area contributed by atoms with Crippen LogP contribution in [0.15, 0.2) is 48.8 Å². The number of fused-ring (bicyclic) bond motifs is 1. The zero-order chi connectivity index (χ0) is 22.8. The number of aromatic nitrogens is 2. The maximum atomic E-state index is 13.2. The van der Waals surface area contributed by atoms with Crippen LogP contribution in [0.5, 0.6) is 17.2 Å². The number of nitrogens with zero attached hydrogens (tertiary/aromatic N) is 2. The molecule has 1 amide bonds. The Morgan fingerprint density at radius 2 is 2.15 bits per heavy atom. The first-order valence-electron chi connectivity index (χ1n) is 11.2. The van der Waals surface area contributed by atoms with E-state index in [2.05, 4.69) is 27.5 Å². The maximum absolute atomic E-state index is 13.2. The molecule has 1 fully saturated rings. The van der Waals surface area contributed by atoms with Crippen molar-refractivity contribution >= 4 is 11.6 Å². The number of hydrogen-bond acceptors (Lipinski definition) is 6. The molecule has 33 heavy (non-hydrogen) atoms. The molecule has 5 rings (SSSR count). The molecule has 2 aliphatic rings. The third kappa shape index (κ3) is 4.66. The second-order valence-corrected chi connectivity index (χ2v) is 8.66. The van der Waals surface area contributed by atoms with E-state index in [4.69, 9.17) is 14.2 Å². The van der Waals surface area contributed by atoms with Gasteiger partial charge in [-0.1, -0.05) is 6.07 Å². The number of ether oxygens (including phenoxy) is 3. The Balaban J connectivity index is 1.36. The molecule has 1 saturated heterocycles. The second kappa shape index (κ2) is 9.15. The van der Waals surface area contributed by atoms with Crippen molar-refractivity contribution in [1.82, 2.24) is 15.1 Å². The smallest absolute Gasteiger partial charge is 0.231 e. The van der Waals surface area contributed by atoms with Crippen molar-refractivity contribution in [3.8, 4) is 28.4 Å². The van der Waals surface area contributed by atoms with E-state index < -0.39 is 0 Å². The second-order valence-electron chi connectivity index (χ2n) is 8.66. The van der Waals surface area contributed by atoms with Gasteiger partial charge in [-0.3, -0.25) is 9.89 Å². The van der Waals surface area contributed by atoms with Gasteiger partial charge in [0, 0.05) is 24.8 Å². The number of H-pyrrole nitrogens is 1. The molecule has 2 aromatic carbocycles. The Kier molecular flexibility index (Phi) is 5.92. The van der Waals surface area contributed by atoms with Gasteiger partial charge in [-0.25, -0.2) is 0 Å². The minimum atomic E-state index is -0.302. The summed E-state index contributed by atoms with van der Waals surface area (Å²) in [7, 11) is 3.72. The Morgan fingerprint density at radius 3 is 2.91 bits per heavy atom. The topological polar surface area (TPSA) is 88.7 Å². The zero-order valence-corrected chi connectivity index (χ0v) is 18.8. The van der Waals surface area contributed by atoms with Crippen LogP contribution < -0.4 is 19.5 Å². The fourth-order valence-electron chi connectivity index (χ4n) is 4.38. The lowest BCUT2D eigenvalue weighted by Gasteiger charge is -2.25. The molecule has 0 saturated carbocycles. The number of nitrogens with one attached hydrogen (secondary N) is 2. The summed E-state index contributed by atoms with van der Waals surface area (Å²) < 4.78 is 17.5. The maximum Gasteiger partial charge on any atom is 0.231 e. The van der Waals surface area contributed by atoms with Gasteiger partial charge in [-0.15, -0.1) is 0 Å². The number of carbonyl (C=O) groups is 1. The van der Waals surface area contributed by atoms with E-state index in [0.29, 0.717) is 24.5 Å². The predicted octanol–water partition coefficient (Wildman–Crippen LogP) is 3.36. The SMILES string of the molecule is COc1ccc2c(c1)C[C@H](C(=O)Nc1ccc(-c3cn[nH]c3)cc1O[C@H]1CCN(C)C1)CO2. The Labute approximate surface area is 192 Å². The Morgan fingerprint density at radius 1 is 1.24 bits per heavy atom. The molecule has 1 aromatic heterocycles. The van der Waals surface area contributed by atoms with Crippen molar-refractivity contribution in [3.63, 3.8) is 0 Å². The van der Waals surface area contributed by atoms with Crippen LogP contribution in [0.25, 0.3) is 11.1 Å². The molecule has 3 heterocycles. The summed E-state index contributed by atoms with van der Waals surface area (Å²) in [4.78, 5) is 15.4. The van der Waals surface area contributed by atoms with Crippen molar-refractivity contribution < 1.29 is 19.0 Å². The highest BCUT2D eigenvalue weighted by atomic mass is 16.5. The average Bonchev–Trinajstić information content (AvgIpc) is 3.51. The molecule has 0 bridgehead atoms. The molecule has 0 radical (unpaired) electrons. The summed E-state index contributed by atoms with van der Waals surface area (Å²) >= 11 is 0. The Bertz CT molecular complexity index is 1130. The lowest BCUT2D eigenvalue weighted by atomic mass is 9.95. The van der Waals surface area contributed by atoms with Gasteiger partial charge in [0.2, 0.25) is 5.91 Å². The molecule has 172 valence electrons. The number of carbonyl (C=O) groups excluding carboxylic acids is 1. The van der Waals surface area contributed by atoms with E-state index in [9.17, 15) is 4.79 Å². The van der Waals surface area contributed by atoms with Crippen molar-refractivity contribution in [1.29, 1.82) is 0 Å². The van der Waals surface area contributed by atoms with Crippen LogP contribution in [0.2, 0.25) is 0 Å². The van der Waals surface area contributed by atoms with E-state index in [1.165, 1.54) is 0 Å². The summed E-state index contributed by atoms with van der Waals surface area (Å²) in [6.07, 6.45) is 5.24. The summed E-state index contributed by atoms with van der Waals surface area (Å²) in [6.45, 7) is 2.19. The molecular formula is C25H28N4O4. The van der Waals surface area contributed by atoms with Gasteiger partial charge in [0.1, 0.15) is 30.0 Å². The predicted molar refractivity (Wildman–Crippen MR) is 125 cm³/mol. The minimum Gasteiger partial charge on any atom is -0.497 e. The highest BCUT2D eigenvalue weighted by Crippen LogP contribution is 2.35. The fourth-order valence-corrected chi connectivity index (χ4v) is 4.38. The van der Waals surface area contributed by atoms with Gasteiger partial charge in [0.15, 0.2) is 0 Å². The first-order chi connectivity index (χ1) is 16.1. The molecule has 2 aliphatic heterocycles. The van der Waals surface area contributed by atoms with Crippen molar-refractivity contribution in [2.45, 2.75) is 18.9 Å². The van der Waals surface area contributed by atoms with E-state index >= 15 is 0 Å². The number of hydrogen-bond donors (Lipinski definition) is 2. The quantitative estimate of drug-likeness (QED) is 0.601. The van der Waals surface area contributed by atoms with Crippen LogP contribution in [0.3, 0.4) is 0 Å². The van der Waals surface area contributed by atoms with E-state index in [1.807, 2.05) is 42.6 Å².